The Morgan fingerprint density at radius 1 is 0.774 bits per heavy atom. The van der Waals surface area contributed by atoms with Crippen LogP contribution < -0.4 is 16.0 Å². The number of carbonyl (C=O) groups is 2. The Balaban J connectivity index is 0.943. The van der Waals surface area contributed by atoms with Gasteiger partial charge < -0.3 is 30.5 Å². The molecule has 0 radical (unpaired) electrons. The number of amides is 3. The zero-order chi connectivity index (χ0) is 36.4. The van der Waals surface area contributed by atoms with Crippen molar-refractivity contribution in [3.8, 4) is 11.1 Å². The number of urea groups is 1. The summed E-state index contributed by atoms with van der Waals surface area (Å²) < 4.78 is 13.3. The van der Waals surface area contributed by atoms with Gasteiger partial charge in [0, 0.05) is 47.3 Å². The van der Waals surface area contributed by atoms with Crippen LogP contribution in [0.15, 0.2) is 102 Å². The number of ether oxygens (including phenoxy) is 2. The lowest BCUT2D eigenvalue weighted by Gasteiger charge is -2.56. The standard InChI is InChI=1S/C44H49N3O5S/c1-28(49)46-38-12-14-40(15-13-38)53-27-39-21-41(34-10-8-29(26-48)9-11-34)52-42(51-39)37-7-3-6-36(20-37)35-5-2-4-30(19-35)25-45-43(50)47-44-22-31-16-32(23-44)18-33(17-31)24-44/h2-15,19-20,31-33,39,41-42,48H,16-18,21-27H2,1H3,(H,46,49)(H2,45,47,50)/t31?,32?,33?,39-,41+,42+,44?/m0/s1. The Morgan fingerprint density at radius 3 is 2.13 bits per heavy atom. The number of rotatable bonds is 11. The Bertz CT molecular complexity index is 1880. The Hall–Kier alpha value is -4.15. The van der Waals surface area contributed by atoms with Gasteiger partial charge in [0.2, 0.25) is 5.91 Å². The SMILES string of the molecule is CC(=O)Nc1ccc(SC[C@@H]2C[C@H](c3ccc(CO)cc3)O[C@H](c3cccc(-c4cccc(CNC(=O)NC56CC7CC(CC(C7)C5)C6)c4)c3)O2)cc1. The maximum atomic E-state index is 13.2. The summed E-state index contributed by atoms with van der Waals surface area (Å²) in [6.07, 6.45) is 7.32. The molecular weight excluding hydrogens is 683 g/mol. The first kappa shape index (κ1) is 35.9. The molecule has 53 heavy (non-hydrogen) atoms. The molecule has 4 aliphatic carbocycles. The highest BCUT2D eigenvalue weighted by atomic mass is 32.2. The molecule has 5 aliphatic rings. The van der Waals surface area contributed by atoms with Crippen molar-refractivity contribution in [3.63, 3.8) is 0 Å². The first-order chi connectivity index (χ1) is 25.8. The van der Waals surface area contributed by atoms with Gasteiger partial charge in [-0.3, -0.25) is 4.79 Å². The van der Waals surface area contributed by atoms with E-state index in [4.69, 9.17) is 9.47 Å². The molecule has 0 aromatic heterocycles. The molecule has 9 rings (SSSR count). The normalized spacial score (nSPS) is 27.3. The maximum absolute atomic E-state index is 13.2. The van der Waals surface area contributed by atoms with E-state index in [-0.39, 0.29) is 36.3 Å². The number of thioether (sulfide) groups is 1. The van der Waals surface area contributed by atoms with E-state index in [1.54, 1.807) is 11.8 Å². The summed E-state index contributed by atoms with van der Waals surface area (Å²) in [5.41, 5.74) is 6.78. The van der Waals surface area contributed by atoms with Gasteiger partial charge in [0.25, 0.3) is 0 Å². The third-order valence-corrected chi connectivity index (χ3v) is 12.7. The van der Waals surface area contributed by atoms with Crippen molar-refractivity contribution < 1.29 is 24.2 Å². The molecule has 0 unspecified atom stereocenters. The molecule has 4 saturated carbocycles. The highest BCUT2D eigenvalue weighted by Gasteiger charge is 2.51. The second kappa shape index (κ2) is 15.7. The third-order valence-electron chi connectivity index (χ3n) is 11.5. The van der Waals surface area contributed by atoms with Crippen molar-refractivity contribution in [2.45, 2.75) is 94.0 Å². The molecule has 3 atom stereocenters. The van der Waals surface area contributed by atoms with E-state index < -0.39 is 6.29 Å². The van der Waals surface area contributed by atoms with Crippen LogP contribution in [0.3, 0.4) is 0 Å². The average Bonchev–Trinajstić information content (AvgIpc) is 3.16. The van der Waals surface area contributed by atoms with Crippen LogP contribution in [-0.4, -0.2) is 34.4 Å². The number of anilines is 1. The fourth-order valence-electron chi connectivity index (χ4n) is 9.51. The van der Waals surface area contributed by atoms with E-state index in [1.165, 1.54) is 26.2 Å². The molecular formula is C44H49N3O5S. The molecule has 5 fully saturated rings. The van der Waals surface area contributed by atoms with Gasteiger partial charge in [0.15, 0.2) is 6.29 Å². The number of benzene rings is 4. The van der Waals surface area contributed by atoms with Crippen LogP contribution >= 0.6 is 11.8 Å². The van der Waals surface area contributed by atoms with E-state index in [1.807, 2.05) is 60.7 Å². The lowest BCUT2D eigenvalue weighted by Crippen LogP contribution is -2.61. The first-order valence-corrected chi connectivity index (χ1v) is 20.0. The molecule has 3 amide bonds. The second-order valence-electron chi connectivity index (χ2n) is 15.7. The number of hydrogen-bond acceptors (Lipinski definition) is 6. The van der Waals surface area contributed by atoms with Gasteiger partial charge in [-0.15, -0.1) is 11.8 Å². The highest BCUT2D eigenvalue weighted by Crippen LogP contribution is 2.55. The Kier molecular flexibility index (Phi) is 10.6. The number of aliphatic hydroxyl groups is 1. The van der Waals surface area contributed by atoms with Crippen LogP contribution in [0, 0.1) is 17.8 Å². The summed E-state index contributed by atoms with van der Waals surface area (Å²) in [4.78, 5) is 25.7. The fraction of sp³-hybridized carbons (Fsp3) is 0.409. The predicted molar refractivity (Wildman–Crippen MR) is 208 cm³/mol. The molecule has 4 aromatic carbocycles. The summed E-state index contributed by atoms with van der Waals surface area (Å²) in [7, 11) is 0. The van der Waals surface area contributed by atoms with Crippen molar-refractivity contribution in [1.82, 2.24) is 10.6 Å². The average molecular weight is 732 g/mol. The maximum Gasteiger partial charge on any atom is 0.315 e. The van der Waals surface area contributed by atoms with Crippen LogP contribution in [0.5, 0.6) is 0 Å². The molecule has 1 saturated heterocycles. The molecule has 0 spiro atoms. The Labute approximate surface area is 316 Å². The minimum Gasteiger partial charge on any atom is -0.392 e. The Morgan fingerprint density at radius 2 is 1.45 bits per heavy atom. The third kappa shape index (κ3) is 8.65. The zero-order valence-electron chi connectivity index (χ0n) is 30.3. The van der Waals surface area contributed by atoms with E-state index in [9.17, 15) is 14.7 Å². The van der Waals surface area contributed by atoms with Crippen LogP contribution in [0.25, 0.3) is 11.1 Å². The minimum absolute atomic E-state index is 0.00335. The van der Waals surface area contributed by atoms with Crippen LogP contribution in [0.4, 0.5) is 10.5 Å². The second-order valence-corrected chi connectivity index (χ2v) is 16.8. The van der Waals surface area contributed by atoms with Crippen molar-refractivity contribution in [2.75, 3.05) is 11.1 Å². The fourth-order valence-corrected chi connectivity index (χ4v) is 10.4. The van der Waals surface area contributed by atoms with Crippen molar-refractivity contribution >= 4 is 29.4 Å². The molecule has 4 N–H and O–H groups in total. The van der Waals surface area contributed by atoms with Gasteiger partial charge in [-0.05, 0) is 120 Å². The number of hydrogen-bond donors (Lipinski definition) is 4. The summed E-state index contributed by atoms with van der Waals surface area (Å²) in [6.45, 7) is 1.97. The monoisotopic (exact) mass is 731 g/mol. The molecule has 1 heterocycles. The summed E-state index contributed by atoms with van der Waals surface area (Å²) in [5, 5.41) is 19.0. The van der Waals surface area contributed by atoms with E-state index in [0.717, 1.165) is 86.7 Å². The highest BCUT2D eigenvalue weighted by molar-refractivity contribution is 7.99. The van der Waals surface area contributed by atoms with E-state index >= 15 is 0 Å². The number of carbonyl (C=O) groups excluding carboxylic acids is 2. The van der Waals surface area contributed by atoms with Crippen molar-refractivity contribution in [1.29, 1.82) is 0 Å². The lowest BCUT2D eigenvalue weighted by atomic mass is 9.53. The first-order valence-electron chi connectivity index (χ1n) is 19.0. The lowest BCUT2D eigenvalue weighted by molar-refractivity contribution is -0.245. The molecule has 4 aromatic rings. The minimum atomic E-state index is -0.572. The topological polar surface area (TPSA) is 109 Å². The van der Waals surface area contributed by atoms with Gasteiger partial charge in [0.05, 0.1) is 18.8 Å². The number of aliphatic hydroxyl groups excluding tert-OH is 1. The van der Waals surface area contributed by atoms with E-state index in [0.29, 0.717) is 13.0 Å². The number of nitrogens with one attached hydrogen (secondary N) is 3. The largest absolute Gasteiger partial charge is 0.392 e. The molecule has 1 aliphatic heterocycles. The summed E-state index contributed by atoms with van der Waals surface area (Å²) in [6, 6.07) is 32.4. The van der Waals surface area contributed by atoms with Gasteiger partial charge in [-0.1, -0.05) is 60.7 Å². The molecule has 8 nitrogen and oxygen atoms in total. The smallest absolute Gasteiger partial charge is 0.315 e. The van der Waals surface area contributed by atoms with Crippen molar-refractivity contribution in [3.05, 3.63) is 119 Å². The molecule has 9 heteroatoms. The van der Waals surface area contributed by atoms with Gasteiger partial charge in [-0.25, -0.2) is 4.79 Å². The van der Waals surface area contributed by atoms with Crippen LogP contribution in [0.1, 0.15) is 86.5 Å². The zero-order valence-corrected chi connectivity index (χ0v) is 31.1. The van der Waals surface area contributed by atoms with Crippen molar-refractivity contribution in [2.24, 2.45) is 17.8 Å². The van der Waals surface area contributed by atoms with Crippen LogP contribution in [0.2, 0.25) is 0 Å². The molecule has 276 valence electrons. The van der Waals surface area contributed by atoms with Crippen LogP contribution in [-0.2, 0) is 27.4 Å². The summed E-state index contributed by atoms with van der Waals surface area (Å²) in [5.74, 6) is 3.00. The predicted octanol–water partition coefficient (Wildman–Crippen LogP) is 8.91. The summed E-state index contributed by atoms with van der Waals surface area (Å²) >= 11 is 1.72. The van der Waals surface area contributed by atoms with Gasteiger partial charge in [-0.2, -0.15) is 0 Å². The van der Waals surface area contributed by atoms with E-state index in [2.05, 4.69) is 52.3 Å². The quantitative estimate of drug-likeness (QED) is 0.115. The van der Waals surface area contributed by atoms with Gasteiger partial charge in [0.1, 0.15) is 0 Å². The molecule has 4 bridgehead atoms. The van der Waals surface area contributed by atoms with Gasteiger partial charge >= 0.3 is 6.03 Å².